The van der Waals surface area contributed by atoms with Gasteiger partial charge in [-0.15, -0.1) is 11.3 Å². The summed E-state index contributed by atoms with van der Waals surface area (Å²) in [5.41, 5.74) is 2.00. The number of nitrogens with zero attached hydrogens (tertiary/aromatic N) is 2. The molecule has 0 radical (unpaired) electrons. The highest BCUT2D eigenvalue weighted by Gasteiger charge is 2.32. The second-order valence-corrected chi connectivity index (χ2v) is 8.71. The number of hydrogen-bond acceptors (Lipinski definition) is 5. The SMILES string of the molecule is O=C(NCC1CN(c2ccc(N3CCCCC3)cc2)C(=O)O1)c1ccc(Cl)s1. The number of hydrogen-bond donors (Lipinski definition) is 1. The monoisotopic (exact) mass is 419 g/mol. The maximum absolute atomic E-state index is 12.3. The van der Waals surface area contributed by atoms with Crippen LogP contribution in [0.4, 0.5) is 16.2 Å². The minimum Gasteiger partial charge on any atom is -0.442 e. The molecule has 2 saturated heterocycles. The summed E-state index contributed by atoms with van der Waals surface area (Å²) >= 11 is 7.08. The molecule has 148 valence electrons. The molecular weight excluding hydrogens is 398 g/mol. The van der Waals surface area contributed by atoms with Gasteiger partial charge in [0.05, 0.1) is 22.3 Å². The van der Waals surface area contributed by atoms with Crippen molar-refractivity contribution in [1.29, 1.82) is 0 Å². The van der Waals surface area contributed by atoms with Crippen LogP contribution in [0.1, 0.15) is 28.9 Å². The van der Waals surface area contributed by atoms with Crippen molar-refractivity contribution in [2.24, 2.45) is 0 Å². The Labute approximate surface area is 173 Å². The predicted molar refractivity (Wildman–Crippen MR) is 112 cm³/mol. The Morgan fingerprint density at radius 3 is 2.50 bits per heavy atom. The molecule has 0 bridgehead atoms. The molecule has 2 aliphatic heterocycles. The molecule has 0 saturated carbocycles. The number of carbonyl (C=O) groups is 2. The van der Waals surface area contributed by atoms with Gasteiger partial charge in [0.15, 0.2) is 0 Å². The third-order valence-corrected chi connectivity index (χ3v) is 6.27. The molecule has 6 nitrogen and oxygen atoms in total. The standard InChI is InChI=1S/C20H22ClN3O3S/c21-18-9-8-17(28-18)19(25)22-12-16-13-24(20(26)27-16)15-6-4-14(5-7-15)23-10-2-1-3-11-23/h4-9,16H,1-3,10-13H2,(H,22,25). The van der Waals surface area contributed by atoms with Crippen LogP contribution >= 0.6 is 22.9 Å². The van der Waals surface area contributed by atoms with Crippen LogP contribution < -0.4 is 15.1 Å². The molecule has 2 fully saturated rings. The van der Waals surface area contributed by atoms with Crippen molar-refractivity contribution < 1.29 is 14.3 Å². The molecule has 8 heteroatoms. The summed E-state index contributed by atoms with van der Waals surface area (Å²) in [6, 6.07) is 11.4. The number of piperidine rings is 1. The number of thiophene rings is 1. The molecule has 1 N–H and O–H groups in total. The van der Waals surface area contributed by atoms with Crippen LogP contribution in [0.15, 0.2) is 36.4 Å². The third-order valence-electron chi connectivity index (χ3n) is 5.04. The van der Waals surface area contributed by atoms with Crippen LogP contribution in [0.25, 0.3) is 0 Å². The quantitative estimate of drug-likeness (QED) is 0.790. The number of rotatable bonds is 5. The minimum absolute atomic E-state index is 0.211. The molecule has 2 amide bonds. The molecule has 2 aromatic rings. The fraction of sp³-hybridized carbons (Fsp3) is 0.400. The number of carbonyl (C=O) groups excluding carboxylic acids is 2. The lowest BCUT2D eigenvalue weighted by molar-refractivity contribution is 0.0920. The Morgan fingerprint density at radius 2 is 1.82 bits per heavy atom. The van der Waals surface area contributed by atoms with E-state index in [0.29, 0.717) is 15.8 Å². The van der Waals surface area contributed by atoms with Crippen LogP contribution in [-0.4, -0.2) is 44.3 Å². The van der Waals surface area contributed by atoms with E-state index >= 15 is 0 Å². The van der Waals surface area contributed by atoms with Gasteiger partial charge in [-0.2, -0.15) is 0 Å². The highest BCUT2D eigenvalue weighted by atomic mass is 35.5. The van der Waals surface area contributed by atoms with Gasteiger partial charge in [-0.3, -0.25) is 9.69 Å². The van der Waals surface area contributed by atoms with E-state index in [2.05, 4.69) is 22.3 Å². The van der Waals surface area contributed by atoms with Gasteiger partial charge < -0.3 is 15.0 Å². The number of benzene rings is 1. The van der Waals surface area contributed by atoms with Gasteiger partial charge in [0.1, 0.15) is 6.10 Å². The van der Waals surface area contributed by atoms with Crippen LogP contribution in [0.3, 0.4) is 0 Å². The second kappa shape index (κ2) is 8.41. The summed E-state index contributed by atoms with van der Waals surface area (Å²) in [5, 5.41) is 2.80. The molecule has 1 atom stereocenters. The highest BCUT2D eigenvalue weighted by Crippen LogP contribution is 2.26. The Kier molecular flexibility index (Phi) is 5.73. The van der Waals surface area contributed by atoms with Gasteiger partial charge in [0.25, 0.3) is 5.91 Å². The fourth-order valence-electron chi connectivity index (χ4n) is 3.56. The van der Waals surface area contributed by atoms with Crippen molar-refractivity contribution in [3.8, 4) is 0 Å². The van der Waals surface area contributed by atoms with E-state index in [1.165, 1.54) is 36.3 Å². The van der Waals surface area contributed by atoms with Gasteiger partial charge in [0.2, 0.25) is 0 Å². The van der Waals surface area contributed by atoms with Crippen molar-refractivity contribution in [1.82, 2.24) is 5.32 Å². The zero-order valence-corrected chi connectivity index (χ0v) is 17.0. The number of nitrogens with one attached hydrogen (secondary N) is 1. The summed E-state index contributed by atoms with van der Waals surface area (Å²) in [7, 11) is 0. The average molecular weight is 420 g/mol. The number of ether oxygens (including phenoxy) is 1. The lowest BCUT2D eigenvalue weighted by Gasteiger charge is -2.29. The lowest BCUT2D eigenvalue weighted by Crippen LogP contribution is -2.34. The molecule has 0 spiro atoms. The van der Waals surface area contributed by atoms with Gasteiger partial charge in [-0.1, -0.05) is 11.6 Å². The molecule has 1 aromatic carbocycles. The maximum Gasteiger partial charge on any atom is 0.414 e. The van der Waals surface area contributed by atoms with Crippen LogP contribution in [0, 0.1) is 0 Å². The minimum atomic E-state index is -0.385. The Balaban J connectivity index is 1.33. The lowest BCUT2D eigenvalue weighted by atomic mass is 10.1. The van der Waals surface area contributed by atoms with Crippen molar-refractivity contribution in [2.45, 2.75) is 25.4 Å². The summed E-state index contributed by atoms with van der Waals surface area (Å²) in [5.74, 6) is -0.211. The maximum atomic E-state index is 12.3. The van der Waals surface area contributed by atoms with Gasteiger partial charge >= 0.3 is 6.09 Å². The fourth-order valence-corrected chi connectivity index (χ4v) is 4.52. The van der Waals surface area contributed by atoms with E-state index in [9.17, 15) is 9.59 Å². The first-order chi connectivity index (χ1) is 13.6. The molecule has 0 aliphatic carbocycles. The summed E-state index contributed by atoms with van der Waals surface area (Å²) in [4.78, 5) is 28.9. The molecule has 4 rings (SSSR count). The number of amides is 2. The normalized spacial score (nSPS) is 19.6. The molecule has 1 aromatic heterocycles. The van der Waals surface area contributed by atoms with Crippen LogP contribution in [0.5, 0.6) is 0 Å². The first-order valence-electron chi connectivity index (χ1n) is 9.47. The molecule has 2 aliphatic rings. The number of cyclic esters (lactones) is 1. The van der Waals surface area contributed by atoms with E-state index < -0.39 is 0 Å². The number of halogens is 1. The van der Waals surface area contributed by atoms with E-state index in [-0.39, 0.29) is 24.6 Å². The molecule has 28 heavy (non-hydrogen) atoms. The van der Waals surface area contributed by atoms with Crippen molar-refractivity contribution in [3.63, 3.8) is 0 Å². The van der Waals surface area contributed by atoms with E-state index in [1.807, 2.05) is 12.1 Å². The van der Waals surface area contributed by atoms with Gasteiger partial charge in [-0.05, 0) is 55.7 Å². The van der Waals surface area contributed by atoms with Crippen LogP contribution in [0.2, 0.25) is 4.34 Å². The second-order valence-electron chi connectivity index (χ2n) is 6.99. The van der Waals surface area contributed by atoms with Crippen LogP contribution in [-0.2, 0) is 4.74 Å². The zero-order chi connectivity index (χ0) is 19.5. The smallest absolute Gasteiger partial charge is 0.414 e. The summed E-state index contributed by atoms with van der Waals surface area (Å²) in [6.07, 6.45) is 2.99. The highest BCUT2D eigenvalue weighted by molar-refractivity contribution is 7.17. The Bertz CT molecular complexity index is 849. The van der Waals surface area contributed by atoms with E-state index in [1.54, 1.807) is 17.0 Å². The Hall–Kier alpha value is -2.25. The van der Waals surface area contributed by atoms with E-state index in [0.717, 1.165) is 18.8 Å². The molecule has 1 unspecified atom stereocenters. The zero-order valence-electron chi connectivity index (χ0n) is 15.4. The van der Waals surface area contributed by atoms with Crippen molar-refractivity contribution in [3.05, 3.63) is 45.6 Å². The molecule has 3 heterocycles. The topological polar surface area (TPSA) is 61.9 Å². The number of anilines is 2. The predicted octanol–water partition coefficient (Wildman–Crippen LogP) is 4.15. The summed E-state index contributed by atoms with van der Waals surface area (Å²) < 4.78 is 5.97. The van der Waals surface area contributed by atoms with Crippen molar-refractivity contribution >= 4 is 46.3 Å². The van der Waals surface area contributed by atoms with Gasteiger partial charge in [0, 0.05) is 24.5 Å². The molecular formula is C20H22ClN3O3S. The van der Waals surface area contributed by atoms with E-state index in [4.69, 9.17) is 16.3 Å². The van der Waals surface area contributed by atoms with Gasteiger partial charge in [-0.25, -0.2) is 4.79 Å². The first-order valence-corrected chi connectivity index (χ1v) is 10.7. The largest absolute Gasteiger partial charge is 0.442 e. The Morgan fingerprint density at radius 1 is 1.11 bits per heavy atom. The third kappa shape index (κ3) is 4.25. The summed E-state index contributed by atoms with van der Waals surface area (Å²) in [6.45, 7) is 2.85. The first kappa shape index (κ1) is 19.1. The average Bonchev–Trinajstić information content (AvgIpc) is 3.32. The van der Waals surface area contributed by atoms with Crippen molar-refractivity contribution in [2.75, 3.05) is 36.0 Å².